The second kappa shape index (κ2) is 8.77. The lowest BCUT2D eigenvalue weighted by Crippen LogP contribution is -2.36. The van der Waals surface area contributed by atoms with E-state index in [1.54, 1.807) is 12.1 Å². The molecule has 0 amide bonds. The second-order valence-electron chi connectivity index (χ2n) is 6.87. The van der Waals surface area contributed by atoms with Gasteiger partial charge in [0.05, 0.1) is 41.4 Å². The van der Waals surface area contributed by atoms with Crippen molar-refractivity contribution in [2.24, 2.45) is 0 Å². The summed E-state index contributed by atoms with van der Waals surface area (Å²) in [5.41, 5.74) is 0.135. The molecule has 3 aromatic rings. The number of morpholine rings is 1. The molecule has 1 saturated heterocycles. The predicted octanol–water partition coefficient (Wildman–Crippen LogP) is 2.78. The van der Waals surface area contributed by atoms with Gasteiger partial charge in [0.25, 0.3) is 5.56 Å². The SMILES string of the molecule is N#Cc1cccc(F)c1Nc1cc[nH]c(=O)c1C(=N)c1ccc(N2CCOCC2)nc1. The van der Waals surface area contributed by atoms with Gasteiger partial charge in [-0.25, -0.2) is 9.37 Å². The number of hydrogen-bond acceptors (Lipinski definition) is 7. The summed E-state index contributed by atoms with van der Waals surface area (Å²) in [6.07, 6.45) is 2.93. The van der Waals surface area contributed by atoms with Gasteiger partial charge in [0.15, 0.2) is 0 Å². The first-order chi connectivity index (χ1) is 15.1. The summed E-state index contributed by atoms with van der Waals surface area (Å²) < 4.78 is 19.7. The van der Waals surface area contributed by atoms with E-state index in [2.05, 4.69) is 20.2 Å². The van der Waals surface area contributed by atoms with Gasteiger partial charge in [0, 0.05) is 31.0 Å². The standard InChI is InChI=1S/C22H19FN6O2/c23-16-3-1-2-14(12-24)21(16)28-17-6-7-26-22(30)19(17)20(25)15-4-5-18(27-13-15)29-8-10-31-11-9-29/h1-7,13,25H,8-11H2,(H2,26,28,30). The molecule has 0 spiro atoms. The van der Waals surface area contributed by atoms with Crippen LogP contribution < -0.4 is 15.8 Å². The monoisotopic (exact) mass is 418 g/mol. The maximum absolute atomic E-state index is 14.3. The molecule has 0 atom stereocenters. The average molecular weight is 418 g/mol. The molecule has 156 valence electrons. The number of aromatic nitrogens is 2. The van der Waals surface area contributed by atoms with Crippen LogP contribution >= 0.6 is 0 Å². The van der Waals surface area contributed by atoms with E-state index in [1.807, 2.05) is 6.07 Å². The molecule has 4 rings (SSSR count). The number of anilines is 3. The van der Waals surface area contributed by atoms with E-state index >= 15 is 0 Å². The van der Waals surface area contributed by atoms with Crippen LogP contribution in [0, 0.1) is 22.6 Å². The predicted molar refractivity (Wildman–Crippen MR) is 115 cm³/mol. The maximum atomic E-state index is 14.3. The molecule has 8 nitrogen and oxygen atoms in total. The van der Waals surface area contributed by atoms with E-state index in [-0.39, 0.29) is 28.2 Å². The molecule has 1 aromatic carbocycles. The third-order valence-electron chi connectivity index (χ3n) is 4.98. The van der Waals surface area contributed by atoms with Crippen LogP contribution in [0.5, 0.6) is 0 Å². The van der Waals surface area contributed by atoms with Crippen LogP contribution in [0.1, 0.15) is 16.7 Å². The number of pyridine rings is 2. The van der Waals surface area contributed by atoms with Crippen LogP contribution in [0.25, 0.3) is 0 Å². The number of H-pyrrole nitrogens is 1. The van der Waals surface area contributed by atoms with Crippen LogP contribution in [0.4, 0.5) is 21.6 Å². The van der Waals surface area contributed by atoms with E-state index < -0.39 is 11.4 Å². The average Bonchev–Trinajstić information content (AvgIpc) is 2.81. The first-order valence-electron chi connectivity index (χ1n) is 9.64. The van der Waals surface area contributed by atoms with Gasteiger partial charge in [-0.2, -0.15) is 5.26 Å². The van der Waals surface area contributed by atoms with Gasteiger partial charge in [0.1, 0.15) is 17.7 Å². The fourth-order valence-electron chi connectivity index (χ4n) is 3.37. The van der Waals surface area contributed by atoms with Crippen molar-refractivity contribution >= 4 is 22.9 Å². The van der Waals surface area contributed by atoms with E-state index in [9.17, 15) is 14.4 Å². The summed E-state index contributed by atoms with van der Waals surface area (Å²) in [5.74, 6) is 0.138. The van der Waals surface area contributed by atoms with E-state index in [0.717, 1.165) is 18.9 Å². The van der Waals surface area contributed by atoms with Crippen molar-refractivity contribution in [1.82, 2.24) is 9.97 Å². The maximum Gasteiger partial charge on any atom is 0.259 e. The molecule has 0 saturated carbocycles. The molecule has 0 bridgehead atoms. The van der Waals surface area contributed by atoms with Crippen molar-refractivity contribution in [3.63, 3.8) is 0 Å². The van der Waals surface area contributed by atoms with Crippen molar-refractivity contribution in [1.29, 1.82) is 10.7 Å². The Kier molecular flexibility index (Phi) is 5.73. The Hall–Kier alpha value is -4.03. The quantitative estimate of drug-likeness (QED) is 0.549. The summed E-state index contributed by atoms with van der Waals surface area (Å²) >= 11 is 0. The highest BCUT2D eigenvalue weighted by Gasteiger charge is 2.18. The van der Waals surface area contributed by atoms with Gasteiger partial charge in [0.2, 0.25) is 0 Å². The minimum Gasteiger partial charge on any atom is -0.378 e. The molecule has 0 unspecified atom stereocenters. The van der Waals surface area contributed by atoms with Gasteiger partial charge in [-0.1, -0.05) is 6.07 Å². The summed E-state index contributed by atoms with van der Waals surface area (Å²) in [7, 11) is 0. The first kappa shape index (κ1) is 20.3. The van der Waals surface area contributed by atoms with E-state index in [1.165, 1.54) is 36.7 Å². The molecule has 1 aliphatic heterocycles. The lowest BCUT2D eigenvalue weighted by molar-refractivity contribution is 0.122. The Morgan fingerprint density at radius 2 is 2.06 bits per heavy atom. The first-order valence-corrected chi connectivity index (χ1v) is 9.64. The molecule has 0 radical (unpaired) electrons. The van der Waals surface area contributed by atoms with Crippen molar-refractivity contribution < 1.29 is 9.13 Å². The molecule has 3 heterocycles. The van der Waals surface area contributed by atoms with Crippen molar-refractivity contribution in [2.45, 2.75) is 0 Å². The minimum atomic E-state index is -0.631. The molecule has 3 N–H and O–H groups in total. The summed E-state index contributed by atoms with van der Waals surface area (Å²) in [6, 6.07) is 11.1. The molecular formula is C22H19FN6O2. The van der Waals surface area contributed by atoms with Gasteiger partial charge in [-0.3, -0.25) is 10.2 Å². The Labute approximate surface area is 177 Å². The van der Waals surface area contributed by atoms with Crippen LogP contribution in [0.2, 0.25) is 0 Å². The number of benzene rings is 1. The van der Waals surface area contributed by atoms with Gasteiger partial charge >= 0.3 is 0 Å². The normalized spacial score (nSPS) is 13.5. The summed E-state index contributed by atoms with van der Waals surface area (Å²) in [6.45, 7) is 2.74. The zero-order chi connectivity index (χ0) is 21.8. The molecule has 9 heteroatoms. The van der Waals surface area contributed by atoms with Crippen molar-refractivity contribution in [3.8, 4) is 6.07 Å². The number of nitriles is 1. The zero-order valence-electron chi connectivity index (χ0n) is 16.5. The molecular weight excluding hydrogens is 399 g/mol. The molecule has 0 aliphatic carbocycles. The zero-order valence-corrected chi connectivity index (χ0v) is 16.5. The molecule has 1 aliphatic rings. The topological polar surface area (TPSA) is 118 Å². The van der Waals surface area contributed by atoms with Crippen LogP contribution in [0.15, 0.2) is 53.6 Å². The number of ether oxygens (including phenoxy) is 1. The van der Waals surface area contributed by atoms with E-state index in [0.29, 0.717) is 18.8 Å². The Morgan fingerprint density at radius 3 is 2.77 bits per heavy atom. The fraction of sp³-hybridized carbons (Fsp3) is 0.182. The number of nitrogens with one attached hydrogen (secondary N) is 3. The fourth-order valence-corrected chi connectivity index (χ4v) is 3.37. The van der Waals surface area contributed by atoms with Crippen molar-refractivity contribution in [3.05, 3.63) is 81.7 Å². The summed E-state index contributed by atoms with van der Waals surface area (Å²) in [5, 5.41) is 20.7. The number of hydrogen-bond donors (Lipinski definition) is 3. The smallest absolute Gasteiger partial charge is 0.259 e. The van der Waals surface area contributed by atoms with Crippen LogP contribution in [-0.4, -0.2) is 42.0 Å². The third kappa shape index (κ3) is 4.15. The number of para-hydroxylation sites is 1. The Balaban J connectivity index is 1.67. The van der Waals surface area contributed by atoms with Gasteiger partial charge in [-0.15, -0.1) is 0 Å². The van der Waals surface area contributed by atoms with Crippen molar-refractivity contribution in [2.75, 3.05) is 36.5 Å². The lowest BCUT2D eigenvalue weighted by Gasteiger charge is -2.27. The number of rotatable bonds is 5. The lowest BCUT2D eigenvalue weighted by atomic mass is 10.0. The number of halogens is 1. The highest BCUT2D eigenvalue weighted by Crippen LogP contribution is 2.26. The van der Waals surface area contributed by atoms with Gasteiger partial charge < -0.3 is 19.9 Å². The van der Waals surface area contributed by atoms with Crippen LogP contribution in [-0.2, 0) is 4.74 Å². The van der Waals surface area contributed by atoms with E-state index in [4.69, 9.17) is 10.1 Å². The van der Waals surface area contributed by atoms with Crippen LogP contribution in [0.3, 0.4) is 0 Å². The number of aromatic amines is 1. The third-order valence-corrected chi connectivity index (χ3v) is 4.98. The second-order valence-corrected chi connectivity index (χ2v) is 6.87. The molecule has 2 aromatic heterocycles. The highest BCUT2D eigenvalue weighted by atomic mass is 19.1. The number of nitrogens with zero attached hydrogens (tertiary/aromatic N) is 3. The Morgan fingerprint density at radius 1 is 1.26 bits per heavy atom. The largest absolute Gasteiger partial charge is 0.378 e. The van der Waals surface area contributed by atoms with Gasteiger partial charge in [-0.05, 0) is 30.3 Å². The molecule has 31 heavy (non-hydrogen) atoms. The summed E-state index contributed by atoms with van der Waals surface area (Å²) in [4.78, 5) is 21.6. The Bertz CT molecular complexity index is 1210. The minimum absolute atomic E-state index is 0.0237. The highest BCUT2D eigenvalue weighted by molar-refractivity contribution is 6.14. The molecule has 1 fully saturated rings.